The Kier molecular flexibility index (Phi) is 3.58. The third kappa shape index (κ3) is 2.81. The summed E-state index contributed by atoms with van der Waals surface area (Å²) in [6.07, 6.45) is 1.53. The lowest BCUT2D eigenvalue weighted by molar-refractivity contribution is -0.130. The van der Waals surface area contributed by atoms with Crippen molar-refractivity contribution in [1.29, 1.82) is 0 Å². The van der Waals surface area contributed by atoms with E-state index in [-0.39, 0.29) is 11.3 Å². The highest BCUT2D eigenvalue weighted by molar-refractivity contribution is 6.20. The number of para-hydroxylation sites is 1. The fourth-order valence-corrected chi connectivity index (χ4v) is 2.22. The van der Waals surface area contributed by atoms with Crippen molar-refractivity contribution in [3.8, 4) is 5.75 Å². The third-order valence-electron chi connectivity index (χ3n) is 3.32. The van der Waals surface area contributed by atoms with E-state index in [1.54, 1.807) is 18.2 Å². The highest BCUT2D eigenvalue weighted by atomic mass is 16.4. The van der Waals surface area contributed by atoms with Gasteiger partial charge >= 0.3 is 5.97 Å². The molecular formula is C18H13NO3. The number of phenols is 1. The number of benzene rings is 2. The molecule has 0 atom stereocenters. The van der Waals surface area contributed by atoms with Crippen molar-refractivity contribution >= 4 is 28.5 Å². The van der Waals surface area contributed by atoms with Gasteiger partial charge < -0.3 is 10.2 Å². The molecule has 22 heavy (non-hydrogen) atoms. The van der Waals surface area contributed by atoms with Crippen LogP contribution in [0.5, 0.6) is 5.75 Å². The van der Waals surface area contributed by atoms with Crippen molar-refractivity contribution in [2.75, 3.05) is 0 Å². The van der Waals surface area contributed by atoms with Crippen molar-refractivity contribution in [3.05, 3.63) is 71.9 Å². The zero-order chi connectivity index (χ0) is 15.5. The monoisotopic (exact) mass is 291 g/mol. The predicted octanol–water partition coefficient (Wildman–Crippen LogP) is 3.57. The van der Waals surface area contributed by atoms with Crippen LogP contribution in [0.3, 0.4) is 0 Å². The molecule has 0 amide bonds. The van der Waals surface area contributed by atoms with Gasteiger partial charge in [0.2, 0.25) is 0 Å². The SMILES string of the molecule is O=C(O)C(=Cc1ccc2ccccc2n1)c1ccc(O)cc1. The number of fused-ring (bicyclic) bond motifs is 1. The average molecular weight is 291 g/mol. The first kappa shape index (κ1) is 13.8. The summed E-state index contributed by atoms with van der Waals surface area (Å²) in [5, 5.41) is 19.7. The molecule has 3 aromatic rings. The minimum Gasteiger partial charge on any atom is -0.508 e. The Morgan fingerprint density at radius 3 is 2.41 bits per heavy atom. The van der Waals surface area contributed by atoms with E-state index in [9.17, 15) is 15.0 Å². The fraction of sp³-hybridized carbons (Fsp3) is 0. The highest BCUT2D eigenvalue weighted by Gasteiger charge is 2.11. The number of pyridine rings is 1. The summed E-state index contributed by atoms with van der Waals surface area (Å²) < 4.78 is 0. The molecule has 2 N–H and O–H groups in total. The highest BCUT2D eigenvalue weighted by Crippen LogP contribution is 2.21. The molecule has 0 saturated heterocycles. The number of aliphatic carboxylic acids is 1. The molecule has 0 unspecified atom stereocenters. The van der Waals surface area contributed by atoms with E-state index in [1.165, 1.54) is 18.2 Å². The number of aromatic hydroxyl groups is 1. The van der Waals surface area contributed by atoms with Crippen molar-refractivity contribution in [2.24, 2.45) is 0 Å². The summed E-state index contributed by atoms with van der Waals surface area (Å²) >= 11 is 0. The van der Waals surface area contributed by atoms with Crippen molar-refractivity contribution in [1.82, 2.24) is 4.98 Å². The van der Waals surface area contributed by atoms with Crippen molar-refractivity contribution in [2.45, 2.75) is 0 Å². The zero-order valence-corrected chi connectivity index (χ0v) is 11.6. The second-order valence-electron chi connectivity index (χ2n) is 4.84. The lowest BCUT2D eigenvalue weighted by atomic mass is 10.0. The molecule has 0 saturated carbocycles. The number of aromatic nitrogens is 1. The molecule has 0 spiro atoms. The van der Waals surface area contributed by atoms with Crippen LogP contribution in [-0.2, 0) is 4.79 Å². The molecule has 1 aromatic heterocycles. The van der Waals surface area contributed by atoms with Crippen LogP contribution in [0.1, 0.15) is 11.3 Å². The van der Waals surface area contributed by atoms with Crippen LogP contribution in [0.4, 0.5) is 0 Å². The zero-order valence-electron chi connectivity index (χ0n) is 11.6. The van der Waals surface area contributed by atoms with Crippen LogP contribution < -0.4 is 0 Å². The normalized spacial score (nSPS) is 11.5. The van der Waals surface area contributed by atoms with E-state index in [0.717, 1.165) is 10.9 Å². The summed E-state index contributed by atoms with van der Waals surface area (Å²) in [6, 6.07) is 17.4. The summed E-state index contributed by atoms with van der Waals surface area (Å²) in [7, 11) is 0. The molecule has 0 fully saturated rings. The number of rotatable bonds is 3. The Bertz CT molecular complexity index is 867. The van der Waals surface area contributed by atoms with Crippen LogP contribution in [-0.4, -0.2) is 21.2 Å². The second kappa shape index (κ2) is 5.69. The van der Waals surface area contributed by atoms with Crippen LogP contribution >= 0.6 is 0 Å². The van der Waals surface area contributed by atoms with Gasteiger partial charge in [-0.05, 0) is 35.9 Å². The Morgan fingerprint density at radius 2 is 1.68 bits per heavy atom. The van der Waals surface area contributed by atoms with Crippen LogP contribution in [0.2, 0.25) is 0 Å². The predicted molar refractivity (Wildman–Crippen MR) is 85.4 cm³/mol. The maximum Gasteiger partial charge on any atom is 0.336 e. The molecule has 3 rings (SSSR count). The van der Waals surface area contributed by atoms with Crippen molar-refractivity contribution < 1.29 is 15.0 Å². The first-order chi connectivity index (χ1) is 10.6. The minimum absolute atomic E-state index is 0.0947. The Hall–Kier alpha value is -3.14. The maximum atomic E-state index is 11.5. The molecule has 0 aliphatic carbocycles. The number of hydrogen-bond donors (Lipinski definition) is 2. The molecule has 4 heteroatoms. The number of carboxylic acids is 1. The van der Waals surface area contributed by atoms with E-state index in [0.29, 0.717) is 11.3 Å². The van der Waals surface area contributed by atoms with Gasteiger partial charge in [0.05, 0.1) is 16.8 Å². The number of carbonyl (C=O) groups is 1. The minimum atomic E-state index is -1.04. The molecule has 108 valence electrons. The van der Waals surface area contributed by atoms with Crippen LogP contribution in [0, 0.1) is 0 Å². The number of phenolic OH excluding ortho intramolecular Hbond substituents is 1. The number of carboxylic acid groups (broad SMARTS) is 1. The molecule has 0 radical (unpaired) electrons. The molecule has 2 aromatic carbocycles. The Morgan fingerprint density at radius 1 is 0.955 bits per heavy atom. The van der Waals surface area contributed by atoms with Gasteiger partial charge in [0, 0.05) is 5.39 Å². The van der Waals surface area contributed by atoms with E-state index >= 15 is 0 Å². The van der Waals surface area contributed by atoms with Gasteiger partial charge in [0.1, 0.15) is 5.75 Å². The smallest absolute Gasteiger partial charge is 0.336 e. The maximum absolute atomic E-state index is 11.5. The average Bonchev–Trinajstić information content (AvgIpc) is 2.53. The van der Waals surface area contributed by atoms with Crippen LogP contribution in [0.25, 0.3) is 22.6 Å². The van der Waals surface area contributed by atoms with E-state index in [1.807, 2.05) is 30.3 Å². The summed E-state index contributed by atoms with van der Waals surface area (Å²) in [5.41, 5.74) is 2.03. The molecule has 4 nitrogen and oxygen atoms in total. The quantitative estimate of drug-likeness (QED) is 0.724. The number of hydrogen-bond acceptors (Lipinski definition) is 3. The first-order valence-electron chi connectivity index (χ1n) is 6.74. The topological polar surface area (TPSA) is 70.4 Å². The van der Waals surface area contributed by atoms with Gasteiger partial charge in [-0.2, -0.15) is 0 Å². The molecule has 0 aliphatic heterocycles. The van der Waals surface area contributed by atoms with Gasteiger partial charge in [-0.15, -0.1) is 0 Å². The molecular weight excluding hydrogens is 278 g/mol. The molecule has 0 bridgehead atoms. The molecule has 0 aliphatic rings. The van der Waals surface area contributed by atoms with Gasteiger partial charge in [-0.25, -0.2) is 9.78 Å². The first-order valence-corrected chi connectivity index (χ1v) is 6.74. The largest absolute Gasteiger partial charge is 0.508 e. The lowest BCUT2D eigenvalue weighted by Crippen LogP contribution is -2.00. The van der Waals surface area contributed by atoms with Gasteiger partial charge in [-0.1, -0.05) is 36.4 Å². The van der Waals surface area contributed by atoms with Gasteiger partial charge in [0.25, 0.3) is 0 Å². The van der Waals surface area contributed by atoms with E-state index in [4.69, 9.17) is 0 Å². The Balaban J connectivity index is 2.08. The summed E-state index contributed by atoms with van der Waals surface area (Å²) in [6.45, 7) is 0. The van der Waals surface area contributed by atoms with Crippen LogP contribution in [0.15, 0.2) is 60.7 Å². The molecule has 1 heterocycles. The summed E-state index contributed by atoms with van der Waals surface area (Å²) in [5.74, 6) is -0.946. The second-order valence-corrected chi connectivity index (χ2v) is 4.84. The lowest BCUT2D eigenvalue weighted by Gasteiger charge is -2.04. The van der Waals surface area contributed by atoms with Gasteiger partial charge in [0.15, 0.2) is 0 Å². The fourth-order valence-electron chi connectivity index (χ4n) is 2.22. The Labute approximate surface area is 127 Å². The van der Waals surface area contributed by atoms with Crippen molar-refractivity contribution in [3.63, 3.8) is 0 Å². The van der Waals surface area contributed by atoms with E-state index < -0.39 is 5.97 Å². The van der Waals surface area contributed by atoms with E-state index in [2.05, 4.69) is 4.98 Å². The number of nitrogens with zero attached hydrogens (tertiary/aromatic N) is 1. The summed E-state index contributed by atoms with van der Waals surface area (Å²) in [4.78, 5) is 15.9. The standard InChI is InChI=1S/C18H13NO3/c20-15-9-6-12(7-10-15)16(18(21)22)11-14-8-5-13-3-1-2-4-17(13)19-14/h1-11,20H,(H,21,22). The van der Waals surface area contributed by atoms with Gasteiger partial charge in [-0.3, -0.25) is 0 Å². The third-order valence-corrected chi connectivity index (χ3v) is 3.32.